The van der Waals surface area contributed by atoms with Crippen molar-refractivity contribution in [3.05, 3.63) is 22.3 Å². The third-order valence-corrected chi connectivity index (χ3v) is 5.68. The van der Waals surface area contributed by atoms with Crippen molar-refractivity contribution in [3.63, 3.8) is 0 Å². The summed E-state index contributed by atoms with van der Waals surface area (Å²) in [4.78, 5) is 12.6. The predicted octanol–water partition coefficient (Wildman–Crippen LogP) is 5.30. The third-order valence-electron chi connectivity index (χ3n) is 5.68. The summed E-state index contributed by atoms with van der Waals surface area (Å²) in [6.07, 6.45) is 8.26. The second-order valence-corrected chi connectivity index (χ2v) is 7.77. The maximum atomic E-state index is 12.6. The van der Waals surface area contributed by atoms with E-state index in [4.69, 9.17) is 9.47 Å². The Morgan fingerprint density at radius 1 is 1.08 bits per heavy atom. The Morgan fingerprint density at radius 2 is 1.73 bits per heavy atom. The first kappa shape index (κ1) is 20.6. The summed E-state index contributed by atoms with van der Waals surface area (Å²) < 4.78 is 11.7. The van der Waals surface area contributed by atoms with Crippen molar-refractivity contribution < 1.29 is 19.4 Å². The fraction of sp³-hybridized carbons (Fsp3) is 0.682. The van der Waals surface area contributed by atoms with E-state index in [2.05, 4.69) is 6.92 Å². The highest BCUT2D eigenvalue weighted by molar-refractivity contribution is 5.80. The minimum absolute atomic E-state index is 0.278. The van der Waals surface area contributed by atoms with Gasteiger partial charge in [-0.15, -0.1) is 0 Å². The summed E-state index contributed by atoms with van der Waals surface area (Å²) in [7, 11) is 0. The molecule has 0 saturated carbocycles. The fourth-order valence-corrected chi connectivity index (χ4v) is 3.59. The van der Waals surface area contributed by atoms with Crippen LogP contribution in [0.1, 0.15) is 81.0 Å². The average molecular weight is 363 g/mol. The van der Waals surface area contributed by atoms with Crippen LogP contribution in [0.25, 0.3) is 0 Å². The van der Waals surface area contributed by atoms with Gasteiger partial charge in [-0.3, -0.25) is 0 Å². The number of aromatic hydroxyl groups is 1. The Labute approximate surface area is 157 Å². The number of carbonyl (C=O) groups excluding carboxylic acids is 1. The van der Waals surface area contributed by atoms with E-state index in [1.807, 2.05) is 27.7 Å². The first-order chi connectivity index (χ1) is 12.3. The van der Waals surface area contributed by atoms with Gasteiger partial charge in [-0.1, -0.05) is 39.0 Å². The van der Waals surface area contributed by atoms with Gasteiger partial charge in [0.25, 0.3) is 0 Å². The standard InChI is InChI=1S/C22H34O4/c1-6-7-8-9-10-11-14-25-21(24)22(5)13-12-18-17(4)19(23)15(2)16(3)20(18)26-22/h23H,6-14H2,1-5H3. The average Bonchev–Trinajstić information content (AvgIpc) is 2.63. The molecule has 146 valence electrons. The quantitative estimate of drug-likeness (QED) is 0.503. The van der Waals surface area contributed by atoms with Gasteiger partial charge < -0.3 is 14.6 Å². The van der Waals surface area contributed by atoms with Crippen molar-refractivity contribution in [1.82, 2.24) is 0 Å². The Balaban J connectivity index is 1.96. The first-order valence-electron chi connectivity index (χ1n) is 9.99. The lowest BCUT2D eigenvalue weighted by Gasteiger charge is -2.35. The van der Waals surface area contributed by atoms with E-state index >= 15 is 0 Å². The van der Waals surface area contributed by atoms with E-state index in [0.29, 0.717) is 25.2 Å². The van der Waals surface area contributed by atoms with Crippen LogP contribution in [-0.4, -0.2) is 23.3 Å². The van der Waals surface area contributed by atoms with E-state index in [0.717, 1.165) is 40.8 Å². The molecule has 4 nitrogen and oxygen atoms in total. The smallest absolute Gasteiger partial charge is 0.350 e. The van der Waals surface area contributed by atoms with Crippen molar-refractivity contribution in [2.45, 2.75) is 91.6 Å². The van der Waals surface area contributed by atoms with E-state index in [1.54, 1.807) is 0 Å². The number of hydrogen-bond acceptors (Lipinski definition) is 4. The first-order valence-corrected chi connectivity index (χ1v) is 9.99. The number of ether oxygens (including phenoxy) is 2. The SMILES string of the molecule is CCCCCCCCOC(=O)C1(C)CCc2c(C)c(O)c(C)c(C)c2O1. The molecule has 0 spiro atoms. The van der Waals surface area contributed by atoms with Crippen molar-refractivity contribution in [2.75, 3.05) is 6.61 Å². The number of unbranched alkanes of at least 4 members (excludes halogenated alkanes) is 5. The zero-order valence-electron chi connectivity index (χ0n) is 17.0. The molecule has 1 aromatic carbocycles. The van der Waals surface area contributed by atoms with E-state index < -0.39 is 5.60 Å². The molecule has 1 aliphatic rings. The largest absolute Gasteiger partial charge is 0.507 e. The molecule has 1 atom stereocenters. The number of carbonyl (C=O) groups is 1. The van der Waals surface area contributed by atoms with Crippen LogP contribution in [0.15, 0.2) is 0 Å². The lowest BCUT2D eigenvalue weighted by molar-refractivity contribution is -0.162. The Bertz CT molecular complexity index is 650. The minimum Gasteiger partial charge on any atom is -0.507 e. The van der Waals surface area contributed by atoms with Gasteiger partial charge in [-0.05, 0) is 57.2 Å². The molecule has 0 aromatic heterocycles. The zero-order chi connectivity index (χ0) is 19.3. The number of phenolic OH excluding ortho intramolecular Hbond substituents is 1. The number of phenols is 1. The van der Waals surface area contributed by atoms with Gasteiger partial charge in [0.15, 0.2) is 0 Å². The van der Waals surface area contributed by atoms with Crippen LogP contribution in [0.5, 0.6) is 11.5 Å². The molecule has 0 fully saturated rings. The molecular formula is C22H34O4. The maximum Gasteiger partial charge on any atom is 0.350 e. The number of fused-ring (bicyclic) bond motifs is 1. The summed E-state index contributed by atoms with van der Waals surface area (Å²) in [5.41, 5.74) is 2.62. The highest BCUT2D eigenvalue weighted by Gasteiger charge is 2.42. The fourth-order valence-electron chi connectivity index (χ4n) is 3.59. The molecule has 4 heteroatoms. The van der Waals surface area contributed by atoms with Crippen LogP contribution in [0, 0.1) is 20.8 Å². The molecule has 1 aliphatic heterocycles. The van der Waals surface area contributed by atoms with Crippen molar-refractivity contribution in [1.29, 1.82) is 0 Å². The molecular weight excluding hydrogens is 328 g/mol. The number of benzene rings is 1. The van der Waals surface area contributed by atoms with Gasteiger partial charge in [0.2, 0.25) is 5.60 Å². The molecule has 1 heterocycles. The van der Waals surface area contributed by atoms with E-state index in [9.17, 15) is 9.90 Å². The van der Waals surface area contributed by atoms with Crippen molar-refractivity contribution in [3.8, 4) is 11.5 Å². The van der Waals surface area contributed by atoms with Gasteiger partial charge in [0.1, 0.15) is 11.5 Å². The molecule has 0 radical (unpaired) electrons. The molecule has 0 amide bonds. The highest BCUT2D eigenvalue weighted by atomic mass is 16.6. The number of rotatable bonds is 8. The number of hydrogen-bond donors (Lipinski definition) is 1. The monoisotopic (exact) mass is 362 g/mol. The molecule has 1 unspecified atom stereocenters. The van der Waals surface area contributed by atoms with E-state index in [-0.39, 0.29) is 5.97 Å². The van der Waals surface area contributed by atoms with Crippen LogP contribution in [0.3, 0.4) is 0 Å². The van der Waals surface area contributed by atoms with Crippen molar-refractivity contribution >= 4 is 5.97 Å². The van der Waals surface area contributed by atoms with Crippen LogP contribution < -0.4 is 4.74 Å². The van der Waals surface area contributed by atoms with Crippen LogP contribution in [0.2, 0.25) is 0 Å². The second kappa shape index (κ2) is 8.79. The lowest BCUT2D eigenvalue weighted by Crippen LogP contribution is -2.46. The lowest BCUT2D eigenvalue weighted by atomic mass is 9.87. The van der Waals surface area contributed by atoms with Crippen LogP contribution in [0.4, 0.5) is 0 Å². The summed E-state index contributed by atoms with van der Waals surface area (Å²) in [5.74, 6) is 0.793. The van der Waals surface area contributed by atoms with Gasteiger partial charge >= 0.3 is 5.97 Å². The molecule has 2 rings (SSSR count). The summed E-state index contributed by atoms with van der Waals surface area (Å²) >= 11 is 0. The van der Waals surface area contributed by atoms with Gasteiger partial charge in [-0.25, -0.2) is 4.79 Å². The van der Waals surface area contributed by atoms with Gasteiger partial charge in [0, 0.05) is 12.0 Å². The Hall–Kier alpha value is -1.71. The zero-order valence-corrected chi connectivity index (χ0v) is 17.0. The molecule has 0 bridgehead atoms. The minimum atomic E-state index is -0.949. The highest BCUT2D eigenvalue weighted by Crippen LogP contribution is 2.43. The van der Waals surface area contributed by atoms with Gasteiger partial charge in [-0.2, -0.15) is 0 Å². The Kier molecular flexibility index (Phi) is 6.96. The van der Waals surface area contributed by atoms with E-state index in [1.165, 1.54) is 25.7 Å². The molecule has 0 saturated heterocycles. The molecule has 0 aliphatic carbocycles. The topological polar surface area (TPSA) is 55.8 Å². The summed E-state index contributed by atoms with van der Waals surface area (Å²) in [6.45, 7) is 10.2. The molecule has 1 N–H and O–H groups in total. The maximum absolute atomic E-state index is 12.6. The Morgan fingerprint density at radius 3 is 2.42 bits per heavy atom. The molecule has 1 aromatic rings. The summed E-state index contributed by atoms with van der Waals surface area (Å²) in [5, 5.41) is 10.3. The van der Waals surface area contributed by atoms with Crippen molar-refractivity contribution in [2.24, 2.45) is 0 Å². The van der Waals surface area contributed by atoms with Crippen LogP contribution in [-0.2, 0) is 16.0 Å². The third kappa shape index (κ3) is 4.33. The summed E-state index contributed by atoms with van der Waals surface area (Å²) in [6, 6.07) is 0. The predicted molar refractivity (Wildman–Crippen MR) is 104 cm³/mol. The second-order valence-electron chi connectivity index (χ2n) is 7.77. The van der Waals surface area contributed by atoms with Gasteiger partial charge in [0.05, 0.1) is 6.61 Å². The molecule has 26 heavy (non-hydrogen) atoms. The number of esters is 1. The van der Waals surface area contributed by atoms with Crippen LogP contribution >= 0.6 is 0 Å². The normalized spacial score (nSPS) is 19.0.